The van der Waals surface area contributed by atoms with Crippen LogP contribution >= 0.6 is 11.6 Å². The number of halogens is 7. The first kappa shape index (κ1) is 26.9. The molecule has 190 valence electrons. The van der Waals surface area contributed by atoms with E-state index in [0.29, 0.717) is 17.9 Å². The smallest absolute Gasteiger partial charge is 0.442 e. The number of ether oxygens (including phenoxy) is 2. The molecule has 0 aliphatic rings. The SMILES string of the molecule is COc1ccc(C(=O)Nc2ccc(C(OC(=O)c3ccc(Cl)cc3)(C(F)(F)F)C(F)(F)F)cc2)cc1. The van der Waals surface area contributed by atoms with Crippen molar-refractivity contribution in [1.29, 1.82) is 0 Å². The van der Waals surface area contributed by atoms with Crippen LogP contribution in [-0.2, 0) is 10.3 Å². The number of hydrogen-bond acceptors (Lipinski definition) is 4. The van der Waals surface area contributed by atoms with Gasteiger partial charge in [0, 0.05) is 21.8 Å². The number of hydrogen-bond donors (Lipinski definition) is 1. The highest BCUT2D eigenvalue weighted by Gasteiger charge is 2.75. The molecule has 36 heavy (non-hydrogen) atoms. The topological polar surface area (TPSA) is 64.6 Å². The lowest BCUT2D eigenvalue weighted by molar-refractivity contribution is -0.373. The second-order valence-corrected chi connectivity index (χ2v) is 7.77. The van der Waals surface area contributed by atoms with Gasteiger partial charge in [0.2, 0.25) is 0 Å². The predicted molar refractivity (Wildman–Crippen MR) is 118 cm³/mol. The fourth-order valence-corrected chi connectivity index (χ4v) is 3.31. The first-order valence-corrected chi connectivity index (χ1v) is 10.3. The van der Waals surface area contributed by atoms with E-state index in [1.54, 1.807) is 0 Å². The van der Waals surface area contributed by atoms with Crippen molar-refractivity contribution in [3.63, 3.8) is 0 Å². The van der Waals surface area contributed by atoms with Crippen LogP contribution in [0.25, 0.3) is 0 Å². The molecule has 3 aromatic rings. The monoisotopic (exact) mass is 531 g/mol. The van der Waals surface area contributed by atoms with Crippen LogP contribution in [0, 0.1) is 0 Å². The van der Waals surface area contributed by atoms with Crippen LogP contribution in [-0.4, -0.2) is 31.3 Å². The molecule has 0 saturated carbocycles. The Hall–Kier alpha value is -3.73. The Labute approximate surface area is 205 Å². The van der Waals surface area contributed by atoms with Gasteiger partial charge in [-0.1, -0.05) is 23.7 Å². The number of esters is 1. The van der Waals surface area contributed by atoms with Gasteiger partial charge >= 0.3 is 23.9 Å². The van der Waals surface area contributed by atoms with Gasteiger partial charge in [0.25, 0.3) is 5.91 Å². The highest BCUT2D eigenvalue weighted by Crippen LogP contribution is 2.53. The molecule has 3 rings (SSSR count). The van der Waals surface area contributed by atoms with Gasteiger partial charge in [0.1, 0.15) is 5.75 Å². The van der Waals surface area contributed by atoms with E-state index in [-0.39, 0.29) is 16.3 Å². The second kappa shape index (κ2) is 10.1. The summed E-state index contributed by atoms with van der Waals surface area (Å²) in [6.07, 6.45) is -12.2. The predicted octanol–water partition coefficient (Wildman–Crippen LogP) is 6.78. The Kier molecular flexibility index (Phi) is 7.54. The summed E-state index contributed by atoms with van der Waals surface area (Å²) in [6, 6.07) is 12.5. The normalized spacial score (nSPS) is 12.1. The van der Waals surface area contributed by atoms with Crippen molar-refractivity contribution < 1.29 is 45.4 Å². The Morgan fingerprint density at radius 2 is 1.25 bits per heavy atom. The zero-order chi connectivity index (χ0) is 26.7. The van der Waals surface area contributed by atoms with Gasteiger partial charge in [-0.05, 0) is 60.7 Å². The number of benzene rings is 3. The lowest BCUT2D eigenvalue weighted by Gasteiger charge is -2.36. The summed E-state index contributed by atoms with van der Waals surface area (Å²) in [6.45, 7) is 0. The maximum Gasteiger partial charge on any atom is 0.442 e. The van der Waals surface area contributed by atoms with E-state index < -0.39 is 41.0 Å². The van der Waals surface area contributed by atoms with Crippen LogP contribution in [0.3, 0.4) is 0 Å². The van der Waals surface area contributed by atoms with Crippen LogP contribution in [0.5, 0.6) is 5.75 Å². The molecule has 0 aliphatic carbocycles. The third kappa shape index (κ3) is 5.40. The van der Waals surface area contributed by atoms with Crippen LogP contribution in [0.2, 0.25) is 5.02 Å². The molecule has 0 unspecified atom stereocenters. The molecule has 0 saturated heterocycles. The highest BCUT2D eigenvalue weighted by atomic mass is 35.5. The number of amides is 1. The zero-order valence-electron chi connectivity index (χ0n) is 18.2. The number of methoxy groups -OCH3 is 1. The summed E-state index contributed by atoms with van der Waals surface area (Å²) >= 11 is 5.65. The van der Waals surface area contributed by atoms with E-state index in [4.69, 9.17) is 16.3 Å². The number of nitrogens with one attached hydrogen (secondary N) is 1. The van der Waals surface area contributed by atoms with Crippen molar-refractivity contribution in [3.8, 4) is 5.75 Å². The van der Waals surface area contributed by atoms with Crippen molar-refractivity contribution in [3.05, 3.63) is 94.5 Å². The van der Waals surface area contributed by atoms with Crippen LogP contribution in [0.4, 0.5) is 32.0 Å². The maximum absolute atomic E-state index is 14.0. The number of carbonyl (C=O) groups excluding carboxylic acids is 2. The first-order chi connectivity index (χ1) is 16.8. The van der Waals surface area contributed by atoms with E-state index in [1.807, 2.05) is 0 Å². The van der Waals surface area contributed by atoms with Crippen molar-refractivity contribution >= 4 is 29.2 Å². The Morgan fingerprint density at radius 1 is 0.750 bits per heavy atom. The summed E-state index contributed by atoms with van der Waals surface area (Å²) in [5.74, 6) is -2.06. The highest BCUT2D eigenvalue weighted by molar-refractivity contribution is 6.30. The number of alkyl halides is 6. The minimum atomic E-state index is -6.08. The molecule has 12 heteroatoms. The Bertz CT molecular complexity index is 1210. The van der Waals surface area contributed by atoms with Crippen LogP contribution in [0.15, 0.2) is 72.8 Å². The molecule has 0 atom stereocenters. The molecule has 0 aromatic heterocycles. The molecule has 0 radical (unpaired) electrons. The van der Waals surface area contributed by atoms with Gasteiger partial charge in [-0.3, -0.25) is 4.79 Å². The number of carbonyl (C=O) groups is 2. The summed E-state index contributed by atoms with van der Waals surface area (Å²) in [5, 5.41) is 2.47. The fraction of sp³-hybridized carbons (Fsp3) is 0.167. The Balaban J connectivity index is 1.95. The number of anilines is 1. The maximum atomic E-state index is 14.0. The number of rotatable bonds is 6. The standard InChI is InChI=1S/C24H16ClF6NO4/c1-35-19-12-4-14(5-13-19)20(33)32-18-10-6-16(7-11-18)22(23(26,27)28,24(29,30)31)36-21(34)15-2-8-17(25)9-3-15/h2-13H,1H3,(H,32,33). The third-order valence-corrected chi connectivity index (χ3v) is 5.28. The van der Waals surface area contributed by atoms with Gasteiger partial charge in [-0.25, -0.2) is 4.79 Å². The van der Waals surface area contributed by atoms with E-state index in [9.17, 15) is 35.9 Å². The molecule has 0 fully saturated rings. The molecule has 0 bridgehead atoms. The molecule has 0 aliphatic heterocycles. The van der Waals surface area contributed by atoms with E-state index in [2.05, 4.69) is 10.1 Å². The lowest BCUT2D eigenvalue weighted by Crippen LogP contribution is -2.56. The summed E-state index contributed by atoms with van der Waals surface area (Å²) in [5.41, 5.74) is -6.89. The van der Waals surface area contributed by atoms with Crippen molar-refractivity contribution in [2.24, 2.45) is 0 Å². The lowest BCUT2D eigenvalue weighted by atomic mass is 9.91. The van der Waals surface area contributed by atoms with Gasteiger partial charge in [-0.2, -0.15) is 26.3 Å². The minimum absolute atomic E-state index is 0.0955. The fourth-order valence-electron chi connectivity index (χ4n) is 3.18. The molecule has 5 nitrogen and oxygen atoms in total. The molecular weight excluding hydrogens is 516 g/mol. The van der Waals surface area contributed by atoms with E-state index in [1.165, 1.54) is 31.4 Å². The Morgan fingerprint density at radius 3 is 1.72 bits per heavy atom. The van der Waals surface area contributed by atoms with Crippen molar-refractivity contribution in [1.82, 2.24) is 0 Å². The van der Waals surface area contributed by atoms with Gasteiger partial charge in [-0.15, -0.1) is 0 Å². The molecular formula is C24H16ClF6NO4. The molecule has 0 heterocycles. The average Bonchev–Trinajstić information content (AvgIpc) is 2.82. The van der Waals surface area contributed by atoms with Crippen molar-refractivity contribution in [2.75, 3.05) is 12.4 Å². The average molecular weight is 532 g/mol. The van der Waals surface area contributed by atoms with Gasteiger partial charge in [0.05, 0.1) is 12.7 Å². The first-order valence-electron chi connectivity index (χ1n) is 9.97. The zero-order valence-corrected chi connectivity index (χ0v) is 19.0. The quantitative estimate of drug-likeness (QED) is 0.281. The van der Waals surface area contributed by atoms with Crippen molar-refractivity contribution in [2.45, 2.75) is 18.0 Å². The molecule has 3 aromatic carbocycles. The van der Waals surface area contributed by atoms with Crippen LogP contribution in [0.1, 0.15) is 26.3 Å². The molecule has 1 amide bonds. The summed E-state index contributed by atoms with van der Waals surface area (Å²) < 4.78 is 93.1. The van der Waals surface area contributed by atoms with Gasteiger partial charge in [0.15, 0.2) is 0 Å². The largest absolute Gasteiger partial charge is 0.497 e. The minimum Gasteiger partial charge on any atom is -0.497 e. The second-order valence-electron chi connectivity index (χ2n) is 7.33. The molecule has 1 N–H and O–H groups in total. The van der Waals surface area contributed by atoms with Crippen LogP contribution < -0.4 is 10.1 Å². The van der Waals surface area contributed by atoms with E-state index >= 15 is 0 Å². The summed E-state index contributed by atoms with van der Waals surface area (Å²) in [7, 11) is 1.42. The molecule has 0 spiro atoms. The third-order valence-electron chi connectivity index (χ3n) is 5.03. The van der Waals surface area contributed by atoms with E-state index in [0.717, 1.165) is 36.4 Å². The summed E-state index contributed by atoms with van der Waals surface area (Å²) in [4.78, 5) is 24.7. The van der Waals surface area contributed by atoms with Gasteiger partial charge < -0.3 is 14.8 Å².